The summed E-state index contributed by atoms with van der Waals surface area (Å²) in [6.45, 7) is 1.78. The number of hydrogen-bond donors (Lipinski definition) is 1. The van der Waals surface area contributed by atoms with E-state index in [1.165, 1.54) is 6.08 Å². The molecule has 1 heterocycles. The number of tetrazole rings is 1. The molecule has 3 rings (SSSR count). The molecule has 0 aliphatic rings. The molecule has 3 aromatic rings. The zero-order chi connectivity index (χ0) is 20.6. The van der Waals surface area contributed by atoms with Crippen molar-refractivity contribution < 1.29 is 14.3 Å². The van der Waals surface area contributed by atoms with Crippen LogP contribution in [0.4, 0.5) is 5.69 Å². The minimum atomic E-state index is -0.509. The van der Waals surface area contributed by atoms with Gasteiger partial charge in [0, 0.05) is 11.8 Å². The van der Waals surface area contributed by atoms with Crippen molar-refractivity contribution in [1.82, 2.24) is 19.8 Å². The molecule has 2 aromatic carbocycles. The quantitative estimate of drug-likeness (QED) is 0.483. The van der Waals surface area contributed by atoms with Crippen LogP contribution < -0.4 is 11.0 Å². The van der Waals surface area contributed by atoms with Crippen molar-refractivity contribution in [1.29, 1.82) is 0 Å². The van der Waals surface area contributed by atoms with Crippen molar-refractivity contribution >= 4 is 23.6 Å². The SMILES string of the molecule is CCOC(=O)/C=C/c1ccc(NC(=O)Cn2nnn(-c3ccccc3)c2=O)cc1. The van der Waals surface area contributed by atoms with Gasteiger partial charge in [0.2, 0.25) is 5.91 Å². The second kappa shape index (κ2) is 9.27. The first-order valence-electron chi connectivity index (χ1n) is 8.90. The normalized spacial score (nSPS) is 10.8. The van der Waals surface area contributed by atoms with Crippen molar-refractivity contribution in [2.24, 2.45) is 0 Å². The molecule has 0 aliphatic carbocycles. The summed E-state index contributed by atoms with van der Waals surface area (Å²) in [5.74, 6) is -0.833. The van der Waals surface area contributed by atoms with Crippen LogP contribution >= 0.6 is 0 Å². The Morgan fingerprint density at radius 3 is 2.48 bits per heavy atom. The summed E-state index contributed by atoms with van der Waals surface area (Å²) in [5, 5.41) is 10.2. The smallest absolute Gasteiger partial charge is 0.368 e. The van der Waals surface area contributed by atoms with Gasteiger partial charge in [-0.3, -0.25) is 4.79 Å². The number of carbonyl (C=O) groups excluding carboxylic acids is 2. The Bertz CT molecular complexity index is 1070. The fourth-order valence-corrected chi connectivity index (χ4v) is 2.47. The highest BCUT2D eigenvalue weighted by atomic mass is 16.5. The molecule has 1 N–H and O–H groups in total. The number of benzene rings is 2. The van der Waals surface area contributed by atoms with Gasteiger partial charge in [-0.1, -0.05) is 30.3 Å². The lowest BCUT2D eigenvalue weighted by molar-refractivity contribution is -0.137. The van der Waals surface area contributed by atoms with Crippen LogP contribution in [-0.2, 0) is 20.9 Å². The number of carbonyl (C=O) groups is 2. The summed E-state index contributed by atoms with van der Waals surface area (Å²) < 4.78 is 6.92. The maximum atomic E-state index is 12.4. The zero-order valence-corrected chi connectivity index (χ0v) is 15.7. The monoisotopic (exact) mass is 393 g/mol. The number of nitrogens with zero attached hydrogens (tertiary/aromatic N) is 4. The van der Waals surface area contributed by atoms with Gasteiger partial charge in [0.25, 0.3) is 0 Å². The maximum Gasteiger partial charge on any atom is 0.368 e. The number of hydrogen-bond acceptors (Lipinski definition) is 6. The third kappa shape index (κ3) is 5.25. The molecule has 9 nitrogen and oxygen atoms in total. The number of ether oxygens (including phenoxy) is 1. The lowest BCUT2D eigenvalue weighted by Gasteiger charge is -2.05. The Morgan fingerprint density at radius 1 is 1.07 bits per heavy atom. The lowest BCUT2D eigenvalue weighted by Crippen LogP contribution is -2.29. The van der Waals surface area contributed by atoms with Gasteiger partial charge >= 0.3 is 11.7 Å². The van der Waals surface area contributed by atoms with E-state index in [4.69, 9.17) is 4.74 Å². The number of amides is 1. The van der Waals surface area contributed by atoms with Crippen LogP contribution in [0.3, 0.4) is 0 Å². The minimum Gasteiger partial charge on any atom is -0.463 e. The standard InChI is InChI=1S/C20H19N5O4/c1-2-29-19(27)13-10-15-8-11-16(12-9-15)21-18(26)14-24-20(28)25(23-22-24)17-6-4-3-5-7-17/h3-13H,2,14H2,1H3,(H,21,26)/b13-10+. The summed E-state index contributed by atoms with van der Waals surface area (Å²) >= 11 is 0. The summed E-state index contributed by atoms with van der Waals surface area (Å²) in [6, 6.07) is 15.7. The molecule has 0 aliphatic heterocycles. The van der Waals surface area contributed by atoms with Crippen LogP contribution in [0.5, 0.6) is 0 Å². The van der Waals surface area contributed by atoms with Gasteiger partial charge < -0.3 is 10.1 Å². The minimum absolute atomic E-state index is 0.268. The third-order valence-electron chi connectivity index (χ3n) is 3.83. The molecule has 1 amide bonds. The fourth-order valence-electron chi connectivity index (χ4n) is 2.47. The summed E-state index contributed by atoms with van der Waals surface area (Å²) in [7, 11) is 0. The molecule has 1 aromatic heterocycles. The highest BCUT2D eigenvalue weighted by molar-refractivity contribution is 5.91. The first kappa shape index (κ1) is 19.7. The molecule has 0 saturated carbocycles. The molecule has 148 valence electrons. The van der Waals surface area contributed by atoms with Crippen molar-refractivity contribution in [3.05, 3.63) is 76.7 Å². The summed E-state index contributed by atoms with van der Waals surface area (Å²) in [5.41, 5.74) is 1.38. The van der Waals surface area contributed by atoms with Gasteiger partial charge in [-0.15, -0.1) is 0 Å². The molecule has 9 heteroatoms. The zero-order valence-electron chi connectivity index (χ0n) is 15.7. The molecular formula is C20H19N5O4. The first-order valence-corrected chi connectivity index (χ1v) is 8.90. The van der Waals surface area contributed by atoms with Crippen LogP contribution in [0.2, 0.25) is 0 Å². The topological polar surface area (TPSA) is 108 Å². The van der Waals surface area contributed by atoms with Crippen LogP contribution in [-0.4, -0.2) is 38.3 Å². The molecule has 0 radical (unpaired) electrons. The summed E-state index contributed by atoms with van der Waals surface area (Å²) in [6.07, 6.45) is 2.95. The molecule has 0 spiro atoms. The van der Waals surface area contributed by atoms with Crippen molar-refractivity contribution in [2.75, 3.05) is 11.9 Å². The fraction of sp³-hybridized carbons (Fsp3) is 0.150. The predicted octanol–water partition coefficient (Wildman–Crippen LogP) is 1.64. The van der Waals surface area contributed by atoms with Crippen LogP contribution in [0.15, 0.2) is 65.5 Å². The highest BCUT2D eigenvalue weighted by Gasteiger charge is 2.12. The average molecular weight is 393 g/mol. The maximum absolute atomic E-state index is 12.4. The molecule has 0 unspecified atom stereocenters. The number of anilines is 1. The van der Waals surface area contributed by atoms with Crippen LogP contribution in [0.25, 0.3) is 11.8 Å². The van der Waals surface area contributed by atoms with Crippen LogP contribution in [0, 0.1) is 0 Å². The average Bonchev–Trinajstić information content (AvgIpc) is 3.08. The summed E-state index contributed by atoms with van der Waals surface area (Å²) in [4.78, 5) is 35.9. The van der Waals surface area contributed by atoms with E-state index in [-0.39, 0.29) is 6.54 Å². The van der Waals surface area contributed by atoms with E-state index in [0.717, 1.165) is 14.9 Å². The van der Waals surface area contributed by atoms with Gasteiger partial charge in [0.1, 0.15) is 6.54 Å². The Balaban J connectivity index is 1.61. The molecule has 0 atom stereocenters. The van der Waals surface area contributed by atoms with E-state index in [1.54, 1.807) is 61.5 Å². The van der Waals surface area contributed by atoms with Gasteiger partial charge in [0.15, 0.2) is 0 Å². The van der Waals surface area contributed by atoms with E-state index in [0.29, 0.717) is 18.0 Å². The lowest BCUT2D eigenvalue weighted by atomic mass is 10.2. The van der Waals surface area contributed by atoms with E-state index < -0.39 is 17.6 Å². The van der Waals surface area contributed by atoms with Gasteiger partial charge in [-0.25, -0.2) is 9.59 Å². The second-order valence-corrected chi connectivity index (χ2v) is 5.92. The molecule has 0 fully saturated rings. The van der Waals surface area contributed by atoms with E-state index >= 15 is 0 Å². The van der Waals surface area contributed by atoms with Crippen molar-refractivity contribution in [3.63, 3.8) is 0 Å². The molecule has 29 heavy (non-hydrogen) atoms. The van der Waals surface area contributed by atoms with Crippen molar-refractivity contribution in [3.8, 4) is 5.69 Å². The highest BCUT2D eigenvalue weighted by Crippen LogP contribution is 2.11. The van der Waals surface area contributed by atoms with Gasteiger partial charge in [0.05, 0.1) is 12.3 Å². The third-order valence-corrected chi connectivity index (χ3v) is 3.83. The predicted molar refractivity (Wildman–Crippen MR) is 106 cm³/mol. The molecular weight excluding hydrogens is 374 g/mol. The van der Waals surface area contributed by atoms with E-state index in [2.05, 4.69) is 15.7 Å². The Labute approximate surface area is 166 Å². The van der Waals surface area contributed by atoms with Crippen LogP contribution in [0.1, 0.15) is 12.5 Å². The number of nitrogens with one attached hydrogen (secondary N) is 1. The van der Waals surface area contributed by atoms with E-state index in [9.17, 15) is 14.4 Å². The van der Waals surface area contributed by atoms with Crippen molar-refractivity contribution in [2.45, 2.75) is 13.5 Å². The Hall–Kier alpha value is -4.01. The number of para-hydroxylation sites is 1. The second-order valence-electron chi connectivity index (χ2n) is 5.92. The Morgan fingerprint density at radius 2 is 1.79 bits per heavy atom. The number of aromatic nitrogens is 4. The molecule has 0 bridgehead atoms. The molecule has 0 saturated heterocycles. The number of esters is 1. The first-order chi connectivity index (χ1) is 14.1. The van der Waals surface area contributed by atoms with Gasteiger partial charge in [-0.2, -0.15) is 9.36 Å². The Kier molecular flexibility index (Phi) is 6.31. The van der Waals surface area contributed by atoms with E-state index in [1.807, 2.05) is 6.07 Å². The van der Waals surface area contributed by atoms with Gasteiger partial charge in [-0.05, 0) is 53.3 Å². The number of rotatable bonds is 7. The largest absolute Gasteiger partial charge is 0.463 e.